The topological polar surface area (TPSA) is 59.8 Å². The Balaban J connectivity index is 1.51. The third kappa shape index (κ3) is 4.49. The number of carbonyl (C=O) groups is 1. The highest BCUT2D eigenvalue weighted by atomic mass is 32.2. The van der Waals surface area contributed by atoms with Crippen LogP contribution in [0.2, 0.25) is 0 Å². The number of carbonyl (C=O) groups excluding carboxylic acids is 1. The summed E-state index contributed by atoms with van der Waals surface area (Å²) in [5, 5.41) is 12.2. The van der Waals surface area contributed by atoms with Crippen LogP contribution < -0.4 is 5.32 Å². The standard InChI is InChI=1S/C23H22N4OS/c1-3-17-9-11-18(12-10-17)27-25-21-13-16(2)20(14-22(21)26-27)24-23(28)15-29-19-7-5-4-6-8-19/h4-14H,3,15H2,1-2H3,(H,24,28). The fourth-order valence-corrected chi connectivity index (χ4v) is 3.75. The summed E-state index contributed by atoms with van der Waals surface area (Å²) in [6.07, 6.45) is 1.000. The average Bonchev–Trinajstić information content (AvgIpc) is 3.16. The maximum atomic E-state index is 12.4. The molecular weight excluding hydrogens is 380 g/mol. The molecule has 0 aliphatic heterocycles. The van der Waals surface area contributed by atoms with Crippen LogP contribution in [0.5, 0.6) is 0 Å². The van der Waals surface area contributed by atoms with Gasteiger partial charge in [-0.1, -0.05) is 37.3 Å². The Kier molecular flexibility index (Phi) is 5.62. The number of aryl methyl sites for hydroxylation is 2. The predicted octanol–water partition coefficient (Wildman–Crippen LogP) is 5.02. The third-order valence-corrected chi connectivity index (χ3v) is 5.70. The zero-order valence-corrected chi connectivity index (χ0v) is 17.2. The van der Waals surface area contributed by atoms with E-state index >= 15 is 0 Å². The highest BCUT2D eigenvalue weighted by molar-refractivity contribution is 8.00. The molecule has 0 unspecified atom stereocenters. The van der Waals surface area contributed by atoms with E-state index in [9.17, 15) is 4.79 Å². The molecule has 0 aliphatic carbocycles. The molecule has 1 amide bonds. The van der Waals surface area contributed by atoms with Crippen molar-refractivity contribution in [2.45, 2.75) is 25.2 Å². The number of nitrogens with zero attached hydrogens (tertiary/aromatic N) is 3. The van der Waals surface area contributed by atoms with E-state index in [1.165, 1.54) is 17.3 Å². The molecule has 1 heterocycles. The van der Waals surface area contributed by atoms with E-state index in [1.54, 1.807) is 4.80 Å². The fourth-order valence-electron chi connectivity index (χ4n) is 3.03. The summed E-state index contributed by atoms with van der Waals surface area (Å²) in [6, 6.07) is 22.0. The Morgan fingerprint density at radius 2 is 1.69 bits per heavy atom. The monoisotopic (exact) mass is 402 g/mol. The molecular formula is C23H22N4OS. The summed E-state index contributed by atoms with van der Waals surface area (Å²) in [5.74, 6) is 0.321. The van der Waals surface area contributed by atoms with E-state index in [1.807, 2.05) is 61.5 Å². The molecule has 0 bridgehead atoms. The van der Waals surface area contributed by atoms with Gasteiger partial charge in [0.05, 0.1) is 11.4 Å². The number of fused-ring (bicyclic) bond motifs is 1. The first-order chi connectivity index (χ1) is 14.1. The molecule has 0 saturated heterocycles. The summed E-state index contributed by atoms with van der Waals surface area (Å²) >= 11 is 1.52. The molecule has 0 aliphatic rings. The van der Waals surface area contributed by atoms with Crippen molar-refractivity contribution in [1.29, 1.82) is 0 Å². The van der Waals surface area contributed by atoms with Gasteiger partial charge in [0.25, 0.3) is 0 Å². The van der Waals surface area contributed by atoms with E-state index < -0.39 is 0 Å². The van der Waals surface area contributed by atoms with Gasteiger partial charge in [-0.25, -0.2) is 0 Å². The van der Waals surface area contributed by atoms with Crippen LogP contribution in [0.15, 0.2) is 71.6 Å². The first-order valence-electron chi connectivity index (χ1n) is 9.57. The van der Waals surface area contributed by atoms with Gasteiger partial charge in [-0.3, -0.25) is 4.79 Å². The molecule has 6 heteroatoms. The lowest BCUT2D eigenvalue weighted by Crippen LogP contribution is -2.14. The molecule has 1 aromatic heterocycles. The lowest BCUT2D eigenvalue weighted by molar-refractivity contribution is -0.113. The molecule has 0 atom stereocenters. The van der Waals surface area contributed by atoms with Crippen molar-refractivity contribution in [3.8, 4) is 5.69 Å². The minimum atomic E-state index is -0.0381. The van der Waals surface area contributed by atoms with Crippen molar-refractivity contribution >= 4 is 34.4 Å². The molecule has 3 aromatic carbocycles. The van der Waals surface area contributed by atoms with Gasteiger partial charge >= 0.3 is 0 Å². The van der Waals surface area contributed by atoms with E-state index in [0.717, 1.165) is 39.3 Å². The number of benzene rings is 3. The van der Waals surface area contributed by atoms with Crippen molar-refractivity contribution in [1.82, 2.24) is 15.0 Å². The number of aromatic nitrogens is 3. The van der Waals surface area contributed by atoms with Gasteiger partial charge < -0.3 is 5.32 Å². The molecule has 5 nitrogen and oxygen atoms in total. The van der Waals surface area contributed by atoms with Crippen LogP contribution in [0.3, 0.4) is 0 Å². The molecule has 4 rings (SSSR count). The molecule has 4 aromatic rings. The van der Waals surface area contributed by atoms with E-state index in [-0.39, 0.29) is 5.91 Å². The van der Waals surface area contributed by atoms with Gasteiger partial charge in [-0.2, -0.15) is 4.80 Å². The smallest absolute Gasteiger partial charge is 0.234 e. The Labute approximate surface area is 174 Å². The van der Waals surface area contributed by atoms with Crippen LogP contribution in [-0.4, -0.2) is 26.7 Å². The first kappa shape index (κ1) is 19.2. The van der Waals surface area contributed by atoms with Gasteiger partial charge in [-0.15, -0.1) is 22.0 Å². The number of rotatable bonds is 6. The van der Waals surface area contributed by atoms with Crippen molar-refractivity contribution in [2.75, 3.05) is 11.1 Å². The molecule has 146 valence electrons. The van der Waals surface area contributed by atoms with Gasteiger partial charge in [0.2, 0.25) is 5.91 Å². The Hall–Kier alpha value is -3.12. The normalized spacial score (nSPS) is 11.0. The molecule has 0 radical (unpaired) electrons. The molecule has 0 fully saturated rings. The molecule has 29 heavy (non-hydrogen) atoms. The van der Waals surface area contributed by atoms with Crippen LogP contribution >= 0.6 is 11.8 Å². The lowest BCUT2D eigenvalue weighted by Gasteiger charge is -2.08. The second-order valence-electron chi connectivity index (χ2n) is 6.82. The van der Waals surface area contributed by atoms with E-state index in [0.29, 0.717) is 5.75 Å². The quantitative estimate of drug-likeness (QED) is 0.460. The summed E-state index contributed by atoms with van der Waals surface area (Å²) in [4.78, 5) is 15.1. The Morgan fingerprint density at radius 3 is 2.38 bits per heavy atom. The van der Waals surface area contributed by atoms with Gasteiger partial charge in [0.15, 0.2) is 0 Å². The van der Waals surface area contributed by atoms with Crippen molar-refractivity contribution < 1.29 is 4.79 Å². The first-order valence-corrected chi connectivity index (χ1v) is 10.6. The highest BCUT2D eigenvalue weighted by Gasteiger charge is 2.11. The van der Waals surface area contributed by atoms with Crippen LogP contribution in [0, 0.1) is 6.92 Å². The average molecular weight is 403 g/mol. The van der Waals surface area contributed by atoms with Crippen LogP contribution in [0.1, 0.15) is 18.1 Å². The number of anilines is 1. The Morgan fingerprint density at radius 1 is 1.00 bits per heavy atom. The highest BCUT2D eigenvalue weighted by Crippen LogP contribution is 2.23. The summed E-state index contributed by atoms with van der Waals surface area (Å²) in [5.41, 5.74) is 5.48. The van der Waals surface area contributed by atoms with Crippen LogP contribution in [0.25, 0.3) is 16.7 Å². The largest absolute Gasteiger partial charge is 0.325 e. The van der Waals surface area contributed by atoms with Crippen molar-refractivity contribution in [3.05, 3.63) is 77.9 Å². The maximum Gasteiger partial charge on any atom is 0.234 e. The fraction of sp³-hybridized carbons (Fsp3) is 0.174. The minimum Gasteiger partial charge on any atom is -0.325 e. The number of thioether (sulfide) groups is 1. The van der Waals surface area contributed by atoms with Crippen LogP contribution in [-0.2, 0) is 11.2 Å². The number of hydrogen-bond donors (Lipinski definition) is 1. The van der Waals surface area contributed by atoms with Gasteiger partial charge in [-0.05, 0) is 60.9 Å². The minimum absolute atomic E-state index is 0.0381. The number of nitrogens with one attached hydrogen (secondary N) is 1. The third-order valence-electron chi connectivity index (χ3n) is 4.69. The summed E-state index contributed by atoms with van der Waals surface area (Å²) in [6.45, 7) is 4.10. The zero-order chi connectivity index (χ0) is 20.2. The van der Waals surface area contributed by atoms with Gasteiger partial charge in [0.1, 0.15) is 11.0 Å². The van der Waals surface area contributed by atoms with Gasteiger partial charge in [0, 0.05) is 10.6 Å². The number of amides is 1. The lowest BCUT2D eigenvalue weighted by atomic mass is 10.2. The molecule has 1 N–H and O–H groups in total. The number of hydrogen-bond acceptors (Lipinski definition) is 4. The maximum absolute atomic E-state index is 12.4. The van der Waals surface area contributed by atoms with E-state index in [2.05, 4.69) is 34.6 Å². The van der Waals surface area contributed by atoms with Crippen molar-refractivity contribution in [2.24, 2.45) is 0 Å². The molecule has 0 saturated carbocycles. The second-order valence-corrected chi connectivity index (χ2v) is 7.86. The van der Waals surface area contributed by atoms with Crippen molar-refractivity contribution in [3.63, 3.8) is 0 Å². The predicted molar refractivity (Wildman–Crippen MR) is 119 cm³/mol. The van der Waals surface area contributed by atoms with E-state index in [4.69, 9.17) is 0 Å². The summed E-state index contributed by atoms with van der Waals surface area (Å²) < 4.78 is 0. The zero-order valence-electron chi connectivity index (χ0n) is 16.4. The molecule has 0 spiro atoms. The summed E-state index contributed by atoms with van der Waals surface area (Å²) in [7, 11) is 0. The van der Waals surface area contributed by atoms with Crippen LogP contribution in [0.4, 0.5) is 5.69 Å². The Bertz CT molecular complexity index is 1140. The second kappa shape index (κ2) is 8.49. The SMILES string of the molecule is CCc1ccc(-n2nc3cc(C)c(NC(=O)CSc4ccccc4)cc3n2)cc1.